The van der Waals surface area contributed by atoms with Crippen LogP contribution < -0.4 is 0 Å². The van der Waals surface area contributed by atoms with Gasteiger partial charge in [-0.1, -0.05) is 0 Å². The second kappa shape index (κ2) is 6.21. The van der Waals surface area contributed by atoms with Crippen molar-refractivity contribution in [2.75, 3.05) is 25.4 Å². The molecular formula is C10H18F3NO3S. The molecule has 4 nitrogen and oxygen atoms in total. The van der Waals surface area contributed by atoms with Gasteiger partial charge < -0.3 is 5.11 Å². The molecular weight excluding hydrogens is 271 g/mol. The lowest BCUT2D eigenvalue weighted by Gasteiger charge is -2.30. The van der Waals surface area contributed by atoms with Gasteiger partial charge in [-0.05, 0) is 25.2 Å². The minimum Gasteiger partial charge on any atom is -0.396 e. The summed E-state index contributed by atoms with van der Waals surface area (Å²) < 4.78 is 60.6. The number of rotatable bonds is 5. The maximum absolute atomic E-state index is 11.9. The number of hydrogen-bond donors (Lipinski definition) is 1. The summed E-state index contributed by atoms with van der Waals surface area (Å²) in [7, 11) is -3.59. The zero-order valence-corrected chi connectivity index (χ0v) is 10.8. The summed E-state index contributed by atoms with van der Waals surface area (Å²) in [6, 6.07) is 0. The Kier molecular flexibility index (Phi) is 5.42. The molecule has 0 unspecified atom stereocenters. The largest absolute Gasteiger partial charge is 0.396 e. The molecule has 18 heavy (non-hydrogen) atoms. The third kappa shape index (κ3) is 5.11. The third-order valence-electron chi connectivity index (χ3n) is 3.09. The molecule has 108 valence electrons. The van der Waals surface area contributed by atoms with Crippen LogP contribution in [0.1, 0.15) is 25.7 Å². The van der Waals surface area contributed by atoms with E-state index in [0.717, 1.165) is 0 Å². The molecule has 0 amide bonds. The molecule has 8 heteroatoms. The average molecular weight is 289 g/mol. The summed E-state index contributed by atoms with van der Waals surface area (Å²) in [5, 5.41) is 8.92. The molecule has 1 heterocycles. The highest BCUT2D eigenvalue weighted by Crippen LogP contribution is 2.23. The van der Waals surface area contributed by atoms with Gasteiger partial charge in [0.1, 0.15) is 0 Å². The van der Waals surface area contributed by atoms with Gasteiger partial charge in [0.05, 0.1) is 5.75 Å². The Morgan fingerprint density at radius 3 is 2.22 bits per heavy atom. The van der Waals surface area contributed by atoms with E-state index in [9.17, 15) is 21.6 Å². The molecule has 1 saturated heterocycles. The minimum absolute atomic E-state index is 0.0297. The SMILES string of the molecule is O=S(=O)(CCCC(F)(F)F)N1CCC(CO)CC1. The third-order valence-corrected chi connectivity index (χ3v) is 5.04. The number of halogens is 3. The van der Waals surface area contributed by atoms with Crippen molar-refractivity contribution in [1.82, 2.24) is 4.31 Å². The minimum atomic E-state index is -4.31. The number of sulfonamides is 1. The molecule has 1 N–H and O–H groups in total. The van der Waals surface area contributed by atoms with Gasteiger partial charge in [0.2, 0.25) is 10.0 Å². The topological polar surface area (TPSA) is 57.6 Å². The predicted octanol–water partition coefficient (Wildman–Crippen LogP) is 1.36. The van der Waals surface area contributed by atoms with Crippen molar-refractivity contribution in [1.29, 1.82) is 0 Å². The van der Waals surface area contributed by atoms with Crippen molar-refractivity contribution >= 4 is 10.0 Å². The van der Waals surface area contributed by atoms with Gasteiger partial charge in [0.25, 0.3) is 0 Å². The second-order valence-corrected chi connectivity index (χ2v) is 6.65. The summed E-state index contributed by atoms with van der Waals surface area (Å²) in [6.45, 7) is 0.612. The molecule has 0 aromatic heterocycles. The highest BCUT2D eigenvalue weighted by Gasteiger charge is 2.30. The van der Waals surface area contributed by atoms with E-state index in [2.05, 4.69) is 0 Å². The normalized spacial score (nSPS) is 20.2. The summed E-state index contributed by atoms with van der Waals surface area (Å²) in [5.74, 6) is -0.359. The number of aliphatic hydroxyl groups is 1. The van der Waals surface area contributed by atoms with Crippen LogP contribution >= 0.6 is 0 Å². The van der Waals surface area contributed by atoms with E-state index < -0.39 is 34.8 Å². The van der Waals surface area contributed by atoms with Gasteiger partial charge in [0.15, 0.2) is 0 Å². The first-order chi connectivity index (χ1) is 8.24. The van der Waals surface area contributed by atoms with Crippen molar-refractivity contribution in [2.24, 2.45) is 5.92 Å². The van der Waals surface area contributed by atoms with E-state index in [1.54, 1.807) is 0 Å². The summed E-state index contributed by atoms with van der Waals surface area (Å²) in [6.07, 6.45) is -4.64. The fourth-order valence-corrected chi connectivity index (χ4v) is 3.49. The highest BCUT2D eigenvalue weighted by molar-refractivity contribution is 7.89. The van der Waals surface area contributed by atoms with E-state index in [1.807, 2.05) is 0 Å². The molecule has 0 bridgehead atoms. The smallest absolute Gasteiger partial charge is 0.389 e. The average Bonchev–Trinajstić information content (AvgIpc) is 2.27. The maximum atomic E-state index is 11.9. The van der Waals surface area contributed by atoms with Crippen LogP contribution in [0.4, 0.5) is 13.2 Å². The van der Waals surface area contributed by atoms with Crippen molar-refractivity contribution in [3.05, 3.63) is 0 Å². The fourth-order valence-electron chi connectivity index (χ4n) is 1.95. The molecule has 0 radical (unpaired) electrons. The van der Waals surface area contributed by atoms with Gasteiger partial charge in [0, 0.05) is 26.1 Å². The first kappa shape index (κ1) is 15.7. The van der Waals surface area contributed by atoms with Gasteiger partial charge >= 0.3 is 6.18 Å². The standard InChI is InChI=1S/C10H18F3NO3S/c11-10(12,13)4-1-7-18(16,17)14-5-2-9(8-15)3-6-14/h9,15H,1-8H2. The molecule has 0 aromatic rings. The molecule has 0 spiro atoms. The Bertz CT molecular complexity index is 348. The van der Waals surface area contributed by atoms with Gasteiger partial charge in [-0.25, -0.2) is 12.7 Å². The molecule has 1 rings (SSSR count). The molecule has 1 aliphatic rings. The number of aliphatic hydroxyl groups excluding tert-OH is 1. The van der Waals surface area contributed by atoms with Crippen LogP contribution in [0.5, 0.6) is 0 Å². The Morgan fingerprint density at radius 1 is 1.22 bits per heavy atom. The summed E-state index contributed by atoms with van der Waals surface area (Å²) >= 11 is 0. The van der Waals surface area contributed by atoms with E-state index >= 15 is 0 Å². The molecule has 0 saturated carbocycles. The van der Waals surface area contributed by atoms with Crippen LogP contribution in [0.3, 0.4) is 0 Å². The van der Waals surface area contributed by atoms with Gasteiger partial charge in [-0.15, -0.1) is 0 Å². The fraction of sp³-hybridized carbons (Fsp3) is 1.00. The number of nitrogens with zero attached hydrogens (tertiary/aromatic N) is 1. The molecule has 0 aromatic carbocycles. The first-order valence-electron chi connectivity index (χ1n) is 5.90. The Hall–Kier alpha value is -0.340. The van der Waals surface area contributed by atoms with Crippen LogP contribution in [0, 0.1) is 5.92 Å². The molecule has 1 aliphatic heterocycles. The Labute approximate surface area is 105 Å². The molecule has 0 atom stereocenters. The zero-order chi connectivity index (χ0) is 13.8. The van der Waals surface area contributed by atoms with Crippen LogP contribution in [-0.2, 0) is 10.0 Å². The second-order valence-electron chi connectivity index (χ2n) is 4.56. The van der Waals surface area contributed by atoms with Crippen molar-refractivity contribution < 1.29 is 26.7 Å². The number of piperidine rings is 1. The van der Waals surface area contributed by atoms with E-state index in [-0.39, 0.29) is 12.5 Å². The lowest BCUT2D eigenvalue weighted by molar-refractivity contribution is -0.134. The van der Waals surface area contributed by atoms with Crippen LogP contribution in [-0.4, -0.2) is 49.5 Å². The van der Waals surface area contributed by atoms with Crippen LogP contribution in [0.15, 0.2) is 0 Å². The van der Waals surface area contributed by atoms with Crippen LogP contribution in [0.2, 0.25) is 0 Å². The predicted molar refractivity (Wildman–Crippen MR) is 60.5 cm³/mol. The number of alkyl halides is 3. The lowest BCUT2D eigenvalue weighted by atomic mass is 10.00. The quantitative estimate of drug-likeness (QED) is 0.831. The van der Waals surface area contributed by atoms with E-state index in [0.29, 0.717) is 25.9 Å². The Balaban J connectivity index is 2.40. The number of hydrogen-bond acceptors (Lipinski definition) is 3. The zero-order valence-electron chi connectivity index (χ0n) is 9.99. The maximum Gasteiger partial charge on any atom is 0.389 e. The van der Waals surface area contributed by atoms with Gasteiger partial charge in [-0.3, -0.25) is 0 Å². The van der Waals surface area contributed by atoms with Crippen molar-refractivity contribution in [2.45, 2.75) is 31.9 Å². The van der Waals surface area contributed by atoms with E-state index in [1.165, 1.54) is 4.31 Å². The summed E-state index contributed by atoms with van der Waals surface area (Å²) in [4.78, 5) is 0. The van der Waals surface area contributed by atoms with Crippen molar-refractivity contribution in [3.63, 3.8) is 0 Å². The summed E-state index contributed by atoms with van der Waals surface area (Å²) in [5.41, 5.74) is 0. The first-order valence-corrected chi connectivity index (χ1v) is 7.51. The highest BCUT2D eigenvalue weighted by atomic mass is 32.2. The Morgan fingerprint density at radius 2 is 1.78 bits per heavy atom. The molecule has 1 fully saturated rings. The van der Waals surface area contributed by atoms with Crippen molar-refractivity contribution in [3.8, 4) is 0 Å². The molecule has 0 aliphatic carbocycles. The monoisotopic (exact) mass is 289 g/mol. The van der Waals surface area contributed by atoms with Crippen LogP contribution in [0.25, 0.3) is 0 Å². The van der Waals surface area contributed by atoms with Gasteiger partial charge in [-0.2, -0.15) is 13.2 Å². The van der Waals surface area contributed by atoms with E-state index in [4.69, 9.17) is 5.11 Å². The lowest BCUT2D eigenvalue weighted by Crippen LogP contribution is -2.40.